The summed E-state index contributed by atoms with van der Waals surface area (Å²) >= 11 is 1.42. The first-order chi connectivity index (χ1) is 13.8. The summed E-state index contributed by atoms with van der Waals surface area (Å²) in [6.45, 7) is 4.12. The van der Waals surface area contributed by atoms with Gasteiger partial charge in [-0.1, -0.05) is 26.0 Å². The summed E-state index contributed by atoms with van der Waals surface area (Å²) in [5.41, 5.74) is 2.97. The van der Waals surface area contributed by atoms with Crippen molar-refractivity contribution in [1.29, 1.82) is 0 Å². The number of amides is 3. The van der Waals surface area contributed by atoms with Crippen LogP contribution >= 0.6 is 11.8 Å². The van der Waals surface area contributed by atoms with E-state index >= 15 is 0 Å². The lowest BCUT2D eigenvalue weighted by Gasteiger charge is -2.29. The lowest BCUT2D eigenvalue weighted by molar-refractivity contribution is -0.120. The Bertz CT molecular complexity index is 939. The lowest BCUT2D eigenvalue weighted by atomic mass is 10.0. The Hall–Kier alpha value is -2.80. The van der Waals surface area contributed by atoms with Gasteiger partial charge in [-0.3, -0.25) is 14.4 Å². The predicted octanol–water partition coefficient (Wildman–Crippen LogP) is 3.59. The first kappa shape index (κ1) is 20.9. The Labute approximate surface area is 175 Å². The summed E-state index contributed by atoms with van der Waals surface area (Å²) in [6, 6.07) is 13.0. The Morgan fingerprint density at radius 3 is 2.45 bits per heavy atom. The van der Waals surface area contributed by atoms with Gasteiger partial charge in [-0.05, 0) is 41.8 Å². The second-order valence-corrected chi connectivity index (χ2v) is 8.49. The molecule has 0 fully saturated rings. The predicted molar refractivity (Wildman–Crippen MR) is 117 cm³/mol. The van der Waals surface area contributed by atoms with Crippen molar-refractivity contribution in [3.63, 3.8) is 0 Å². The van der Waals surface area contributed by atoms with E-state index in [1.165, 1.54) is 27.1 Å². The molecule has 2 aromatic rings. The molecule has 0 radical (unpaired) electrons. The largest absolute Gasteiger partial charge is 0.345 e. The molecule has 3 rings (SSSR count). The van der Waals surface area contributed by atoms with E-state index in [2.05, 4.69) is 19.2 Å². The van der Waals surface area contributed by atoms with Crippen molar-refractivity contribution in [2.24, 2.45) is 0 Å². The highest BCUT2D eigenvalue weighted by atomic mass is 32.2. The SMILES string of the molecule is CC(C)c1ccc(NC(=O)CN2C(=O)CSc3ccc(C(=O)N(C)C)cc32)cc1. The van der Waals surface area contributed by atoms with Crippen molar-refractivity contribution in [3.8, 4) is 0 Å². The van der Waals surface area contributed by atoms with Crippen molar-refractivity contribution < 1.29 is 14.4 Å². The van der Waals surface area contributed by atoms with E-state index in [1.807, 2.05) is 30.3 Å². The number of carbonyl (C=O) groups is 3. The zero-order valence-electron chi connectivity index (χ0n) is 17.1. The molecule has 1 aliphatic heterocycles. The third-order valence-electron chi connectivity index (χ3n) is 4.72. The van der Waals surface area contributed by atoms with Gasteiger partial charge in [0.2, 0.25) is 11.8 Å². The van der Waals surface area contributed by atoms with Crippen molar-refractivity contribution in [2.45, 2.75) is 24.7 Å². The van der Waals surface area contributed by atoms with Gasteiger partial charge < -0.3 is 15.1 Å². The highest BCUT2D eigenvalue weighted by molar-refractivity contribution is 8.00. The topological polar surface area (TPSA) is 69.7 Å². The highest BCUT2D eigenvalue weighted by Crippen LogP contribution is 2.36. The molecular formula is C22H25N3O3S. The summed E-state index contributed by atoms with van der Waals surface area (Å²) in [6.07, 6.45) is 0. The van der Waals surface area contributed by atoms with E-state index in [-0.39, 0.29) is 30.0 Å². The van der Waals surface area contributed by atoms with E-state index in [4.69, 9.17) is 0 Å². The highest BCUT2D eigenvalue weighted by Gasteiger charge is 2.27. The summed E-state index contributed by atoms with van der Waals surface area (Å²) in [7, 11) is 3.36. The van der Waals surface area contributed by atoms with Crippen LogP contribution in [0.2, 0.25) is 0 Å². The van der Waals surface area contributed by atoms with Crippen LogP contribution in [0.5, 0.6) is 0 Å². The minimum Gasteiger partial charge on any atom is -0.345 e. The summed E-state index contributed by atoms with van der Waals surface area (Å²) < 4.78 is 0. The Morgan fingerprint density at radius 2 is 1.83 bits per heavy atom. The second-order valence-electron chi connectivity index (χ2n) is 7.48. The Kier molecular flexibility index (Phi) is 6.27. The van der Waals surface area contributed by atoms with E-state index in [0.717, 1.165) is 4.90 Å². The van der Waals surface area contributed by atoms with Crippen LogP contribution in [0.15, 0.2) is 47.4 Å². The van der Waals surface area contributed by atoms with Gasteiger partial charge in [-0.2, -0.15) is 0 Å². The molecule has 152 valence electrons. The molecule has 0 aromatic heterocycles. The molecule has 0 spiro atoms. The molecule has 0 bridgehead atoms. The smallest absolute Gasteiger partial charge is 0.253 e. The number of hydrogen-bond donors (Lipinski definition) is 1. The number of fused-ring (bicyclic) bond motifs is 1. The van der Waals surface area contributed by atoms with E-state index in [9.17, 15) is 14.4 Å². The zero-order valence-corrected chi connectivity index (χ0v) is 17.9. The molecule has 1 N–H and O–H groups in total. The van der Waals surface area contributed by atoms with Gasteiger partial charge in [0.1, 0.15) is 6.54 Å². The van der Waals surface area contributed by atoms with Crippen LogP contribution in [0.1, 0.15) is 35.7 Å². The quantitative estimate of drug-likeness (QED) is 0.816. The van der Waals surface area contributed by atoms with Crippen LogP contribution in [0.25, 0.3) is 0 Å². The van der Waals surface area contributed by atoms with Crippen molar-refractivity contribution in [2.75, 3.05) is 36.6 Å². The van der Waals surface area contributed by atoms with E-state index in [0.29, 0.717) is 22.9 Å². The molecule has 0 atom stereocenters. The summed E-state index contributed by atoms with van der Waals surface area (Å²) in [5.74, 6) is 0.106. The van der Waals surface area contributed by atoms with E-state index in [1.54, 1.807) is 26.2 Å². The molecule has 29 heavy (non-hydrogen) atoms. The van der Waals surface area contributed by atoms with Crippen molar-refractivity contribution >= 4 is 40.9 Å². The number of anilines is 2. The number of rotatable bonds is 5. The zero-order chi connectivity index (χ0) is 21.1. The number of carbonyl (C=O) groups excluding carboxylic acids is 3. The minimum absolute atomic E-state index is 0.0993. The molecule has 3 amide bonds. The van der Waals surface area contributed by atoms with Gasteiger partial charge in [0, 0.05) is 30.2 Å². The maximum atomic E-state index is 12.6. The standard InChI is InChI=1S/C22H25N3O3S/c1-14(2)15-5-8-17(9-6-15)23-20(26)12-25-18-11-16(22(28)24(3)4)7-10-19(18)29-13-21(25)27/h5-11,14H,12-13H2,1-4H3,(H,23,26). The molecule has 0 saturated heterocycles. The van der Waals surface area contributed by atoms with E-state index < -0.39 is 0 Å². The third kappa shape index (κ3) is 4.79. The van der Waals surface area contributed by atoms with Gasteiger partial charge in [-0.25, -0.2) is 0 Å². The molecule has 0 aliphatic carbocycles. The monoisotopic (exact) mass is 411 g/mol. The van der Waals surface area contributed by atoms with Crippen molar-refractivity contribution in [1.82, 2.24) is 4.90 Å². The van der Waals surface area contributed by atoms with Crippen LogP contribution in [0.3, 0.4) is 0 Å². The fraction of sp³-hybridized carbons (Fsp3) is 0.318. The maximum Gasteiger partial charge on any atom is 0.253 e. The van der Waals surface area contributed by atoms with Crippen molar-refractivity contribution in [3.05, 3.63) is 53.6 Å². The summed E-state index contributed by atoms with van der Waals surface area (Å²) in [4.78, 5) is 41.2. The van der Waals surface area contributed by atoms with Crippen LogP contribution in [-0.2, 0) is 9.59 Å². The third-order valence-corrected chi connectivity index (χ3v) is 5.77. The molecule has 0 unspecified atom stereocenters. The first-order valence-corrected chi connectivity index (χ1v) is 10.4. The molecule has 1 heterocycles. The molecule has 1 aliphatic rings. The molecule has 6 nitrogen and oxygen atoms in total. The fourth-order valence-corrected chi connectivity index (χ4v) is 3.98. The normalized spacial score (nSPS) is 13.3. The molecule has 2 aromatic carbocycles. The average Bonchev–Trinajstić information content (AvgIpc) is 2.69. The maximum absolute atomic E-state index is 12.6. The Balaban J connectivity index is 1.78. The average molecular weight is 412 g/mol. The van der Waals surface area contributed by atoms with Gasteiger partial charge in [0.25, 0.3) is 5.91 Å². The van der Waals surface area contributed by atoms with Crippen LogP contribution in [-0.4, -0.2) is 49.0 Å². The lowest BCUT2D eigenvalue weighted by Crippen LogP contribution is -2.41. The van der Waals surface area contributed by atoms with Crippen LogP contribution in [0.4, 0.5) is 11.4 Å². The second kappa shape index (κ2) is 8.69. The van der Waals surface area contributed by atoms with Gasteiger partial charge in [0.05, 0.1) is 11.4 Å². The Morgan fingerprint density at radius 1 is 1.14 bits per heavy atom. The molecule has 7 heteroatoms. The minimum atomic E-state index is -0.280. The molecular weight excluding hydrogens is 386 g/mol. The number of hydrogen-bond acceptors (Lipinski definition) is 4. The number of thioether (sulfide) groups is 1. The summed E-state index contributed by atoms with van der Waals surface area (Å²) in [5, 5.41) is 2.85. The first-order valence-electron chi connectivity index (χ1n) is 9.45. The molecule has 0 saturated carbocycles. The number of nitrogens with one attached hydrogen (secondary N) is 1. The van der Waals surface area contributed by atoms with Gasteiger partial charge in [-0.15, -0.1) is 11.8 Å². The number of benzene rings is 2. The van der Waals surface area contributed by atoms with Gasteiger partial charge in [0.15, 0.2) is 0 Å². The fourth-order valence-electron chi connectivity index (χ4n) is 3.06. The van der Waals surface area contributed by atoms with Crippen LogP contribution < -0.4 is 10.2 Å². The number of nitrogens with zero attached hydrogens (tertiary/aromatic N) is 2. The van der Waals surface area contributed by atoms with Crippen LogP contribution in [0, 0.1) is 0 Å². The van der Waals surface area contributed by atoms with Gasteiger partial charge >= 0.3 is 0 Å².